The van der Waals surface area contributed by atoms with Gasteiger partial charge in [-0.3, -0.25) is 4.79 Å². The SMILES string of the molecule is CCOc1cccc(NC(=O)[C@H](N)C(C)C)c1.Cl. The van der Waals surface area contributed by atoms with Gasteiger partial charge in [0.25, 0.3) is 0 Å². The van der Waals surface area contributed by atoms with Gasteiger partial charge in [-0.15, -0.1) is 12.4 Å². The largest absolute Gasteiger partial charge is 0.494 e. The molecular weight excluding hydrogens is 252 g/mol. The first kappa shape index (κ1) is 16.7. The Morgan fingerprint density at radius 3 is 2.67 bits per heavy atom. The summed E-state index contributed by atoms with van der Waals surface area (Å²) in [7, 11) is 0. The zero-order valence-corrected chi connectivity index (χ0v) is 11.8. The van der Waals surface area contributed by atoms with Crippen LogP contribution in [0.15, 0.2) is 24.3 Å². The van der Waals surface area contributed by atoms with Crippen LogP contribution in [0, 0.1) is 5.92 Å². The molecule has 0 fully saturated rings. The highest BCUT2D eigenvalue weighted by atomic mass is 35.5. The van der Waals surface area contributed by atoms with Crippen LogP contribution in [-0.4, -0.2) is 18.6 Å². The fourth-order valence-corrected chi connectivity index (χ4v) is 1.36. The van der Waals surface area contributed by atoms with Crippen molar-refractivity contribution >= 4 is 24.0 Å². The number of hydrogen-bond acceptors (Lipinski definition) is 3. The standard InChI is InChI=1S/C13H20N2O2.ClH/c1-4-17-11-7-5-6-10(8-11)15-13(16)12(14)9(2)3;/h5-9,12H,4,14H2,1-3H3,(H,15,16);1H/t12-;/m1./s1. The lowest BCUT2D eigenvalue weighted by Gasteiger charge is -2.15. The van der Waals surface area contributed by atoms with E-state index in [4.69, 9.17) is 10.5 Å². The van der Waals surface area contributed by atoms with E-state index in [0.29, 0.717) is 12.3 Å². The summed E-state index contributed by atoms with van der Waals surface area (Å²) in [5.74, 6) is 0.683. The lowest BCUT2D eigenvalue weighted by atomic mass is 10.0. The Hall–Kier alpha value is -1.26. The van der Waals surface area contributed by atoms with Crippen LogP contribution in [0.25, 0.3) is 0 Å². The predicted octanol–water partition coefficient (Wildman–Crippen LogP) is 2.43. The number of benzene rings is 1. The Labute approximate surface area is 114 Å². The van der Waals surface area contributed by atoms with Crippen LogP contribution in [0.3, 0.4) is 0 Å². The monoisotopic (exact) mass is 272 g/mol. The molecule has 0 saturated carbocycles. The normalized spacial score (nSPS) is 11.6. The highest BCUT2D eigenvalue weighted by Gasteiger charge is 2.17. The van der Waals surface area contributed by atoms with Gasteiger partial charge < -0.3 is 15.8 Å². The van der Waals surface area contributed by atoms with Crippen LogP contribution in [0.5, 0.6) is 5.75 Å². The molecule has 0 aliphatic heterocycles. The Balaban J connectivity index is 0.00000289. The summed E-state index contributed by atoms with van der Waals surface area (Å²) in [5, 5.41) is 2.78. The molecule has 0 unspecified atom stereocenters. The zero-order chi connectivity index (χ0) is 12.8. The topological polar surface area (TPSA) is 64.3 Å². The van der Waals surface area contributed by atoms with E-state index in [1.165, 1.54) is 0 Å². The van der Waals surface area contributed by atoms with E-state index in [0.717, 1.165) is 5.75 Å². The summed E-state index contributed by atoms with van der Waals surface area (Å²) in [5.41, 5.74) is 6.47. The maximum Gasteiger partial charge on any atom is 0.241 e. The summed E-state index contributed by atoms with van der Waals surface area (Å²) < 4.78 is 5.35. The molecule has 1 atom stereocenters. The molecule has 1 aromatic carbocycles. The van der Waals surface area contributed by atoms with Gasteiger partial charge in [-0.2, -0.15) is 0 Å². The van der Waals surface area contributed by atoms with Gasteiger partial charge in [0.1, 0.15) is 5.75 Å². The number of halogens is 1. The summed E-state index contributed by atoms with van der Waals surface area (Å²) in [6.07, 6.45) is 0. The average Bonchev–Trinajstić information content (AvgIpc) is 2.28. The van der Waals surface area contributed by atoms with E-state index >= 15 is 0 Å². The third-order valence-corrected chi connectivity index (χ3v) is 2.43. The van der Waals surface area contributed by atoms with Gasteiger partial charge in [0.15, 0.2) is 0 Å². The second-order valence-electron chi connectivity index (χ2n) is 4.22. The van der Waals surface area contributed by atoms with Gasteiger partial charge in [-0.05, 0) is 25.0 Å². The first-order valence-corrected chi connectivity index (χ1v) is 5.84. The zero-order valence-electron chi connectivity index (χ0n) is 11.0. The molecule has 0 heterocycles. The molecule has 1 amide bonds. The van der Waals surface area contributed by atoms with E-state index in [-0.39, 0.29) is 24.2 Å². The Bertz CT molecular complexity index is 383. The highest BCUT2D eigenvalue weighted by Crippen LogP contribution is 2.17. The van der Waals surface area contributed by atoms with Crippen LogP contribution in [-0.2, 0) is 4.79 Å². The minimum Gasteiger partial charge on any atom is -0.494 e. The first-order valence-electron chi connectivity index (χ1n) is 5.84. The molecule has 0 saturated heterocycles. The maximum absolute atomic E-state index is 11.7. The fraction of sp³-hybridized carbons (Fsp3) is 0.462. The minimum absolute atomic E-state index is 0. The number of hydrogen-bond donors (Lipinski definition) is 2. The first-order chi connectivity index (χ1) is 8.04. The Kier molecular flexibility index (Phi) is 7.39. The number of carbonyl (C=O) groups is 1. The molecule has 0 spiro atoms. The van der Waals surface area contributed by atoms with Gasteiger partial charge >= 0.3 is 0 Å². The maximum atomic E-state index is 11.7. The lowest BCUT2D eigenvalue weighted by molar-refractivity contribution is -0.118. The third-order valence-electron chi connectivity index (χ3n) is 2.43. The van der Waals surface area contributed by atoms with Gasteiger partial charge in [0.05, 0.1) is 12.6 Å². The second-order valence-corrected chi connectivity index (χ2v) is 4.22. The lowest BCUT2D eigenvalue weighted by Crippen LogP contribution is -2.39. The van der Waals surface area contributed by atoms with E-state index in [1.54, 1.807) is 6.07 Å². The molecule has 0 aliphatic carbocycles. The highest BCUT2D eigenvalue weighted by molar-refractivity contribution is 5.94. The number of nitrogens with one attached hydrogen (secondary N) is 1. The van der Waals surface area contributed by atoms with Crippen LogP contribution in [0.1, 0.15) is 20.8 Å². The summed E-state index contributed by atoms with van der Waals surface area (Å²) in [4.78, 5) is 11.7. The Morgan fingerprint density at radius 2 is 2.11 bits per heavy atom. The summed E-state index contributed by atoms with van der Waals surface area (Å²) >= 11 is 0. The summed E-state index contributed by atoms with van der Waals surface area (Å²) in [6.45, 7) is 6.35. The molecular formula is C13H21ClN2O2. The average molecular weight is 273 g/mol. The van der Waals surface area contributed by atoms with Crippen molar-refractivity contribution in [3.63, 3.8) is 0 Å². The molecule has 0 radical (unpaired) electrons. The van der Waals surface area contributed by atoms with Crippen LogP contribution >= 0.6 is 12.4 Å². The number of ether oxygens (including phenoxy) is 1. The smallest absolute Gasteiger partial charge is 0.241 e. The van der Waals surface area contributed by atoms with Crippen LogP contribution in [0.4, 0.5) is 5.69 Å². The van der Waals surface area contributed by atoms with E-state index in [1.807, 2.05) is 39.0 Å². The van der Waals surface area contributed by atoms with E-state index in [2.05, 4.69) is 5.32 Å². The molecule has 0 aromatic heterocycles. The number of amides is 1. The Morgan fingerprint density at radius 1 is 1.44 bits per heavy atom. The quantitative estimate of drug-likeness (QED) is 0.865. The van der Waals surface area contributed by atoms with Gasteiger partial charge in [0.2, 0.25) is 5.91 Å². The molecule has 3 N–H and O–H groups in total. The summed E-state index contributed by atoms with van der Waals surface area (Å²) in [6, 6.07) is 6.79. The predicted molar refractivity (Wildman–Crippen MR) is 76.3 cm³/mol. The molecule has 0 aliphatic rings. The minimum atomic E-state index is -0.495. The molecule has 18 heavy (non-hydrogen) atoms. The molecule has 0 bridgehead atoms. The van der Waals surface area contributed by atoms with Crippen molar-refractivity contribution in [3.8, 4) is 5.75 Å². The van der Waals surface area contributed by atoms with Gasteiger partial charge in [-0.25, -0.2) is 0 Å². The van der Waals surface area contributed by atoms with Crippen LogP contribution in [0.2, 0.25) is 0 Å². The number of nitrogens with two attached hydrogens (primary N) is 1. The second kappa shape index (κ2) is 7.95. The van der Waals surface area contributed by atoms with Crippen molar-refractivity contribution in [2.24, 2.45) is 11.7 Å². The molecule has 102 valence electrons. The van der Waals surface area contributed by atoms with Crippen LogP contribution < -0.4 is 15.8 Å². The third kappa shape index (κ3) is 4.94. The van der Waals surface area contributed by atoms with Crippen molar-refractivity contribution in [2.45, 2.75) is 26.8 Å². The molecule has 4 nitrogen and oxygen atoms in total. The number of rotatable bonds is 5. The molecule has 1 rings (SSSR count). The van der Waals surface area contributed by atoms with Crippen molar-refractivity contribution in [1.82, 2.24) is 0 Å². The number of anilines is 1. The van der Waals surface area contributed by atoms with E-state index in [9.17, 15) is 4.79 Å². The van der Waals surface area contributed by atoms with Gasteiger partial charge in [-0.1, -0.05) is 19.9 Å². The van der Waals surface area contributed by atoms with E-state index < -0.39 is 6.04 Å². The van der Waals surface area contributed by atoms with Gasteiger partial charge in [0, 0.05) is 11.8 Å². The molecule has 5 heteroatoms. The fourth-order valence-electron chi connectivity index (χ4n) is 1.36. The van der Waals surface area contributed by atoms with Crippen molar-refractivity contribution in [1.29, 1.82) is 0 Å². The van der Waals surface area contributed by atoms with Crippen molar-refractivity contribution < 1.29 is 9.53 Å². The van der Waals surface area contributed by atoms with Crippen molar-refractivity contribution in [3.05, 3.63) is 24.3 Å². The van der Waals surface area contributed by atoms with Crippen molar-refractivity contribution in [2.75, 3.05) is 11.9 Å². The molecule has 1 aromatic rings. The number of carbonyl (C=O) groups excluding carboxylic acids is 1.